The van der Waals surface area contributed by atoms with Gasteiger partial charge in [-0.1, -0.05) is 36.5 Å². The lowest BCUT2D eigenvalue weighted by Gasteiger charge is -2.26. The molecule has 1 aromatic carbocycles. The molecule has 3 rings (SSSR count). The molecule has 4 nitrogen and oxygen atoms in total. The molecule has 0 aromatic heterocycles. The first kappa shape index (κ1) is 14.0. The van der Waals surface area contributed by atoms with E-state index in [1.807, 2.05) is 0 Å². The van der Waals surface area contributed by atoms with E-state index < -0.39 is 10.0 Å². The maximum absolute atomic E-state index is 12.5. The van der Waals surface area contributed by atoms with Crippen molar-refractivity contribution in [1.29, 1.82) is 0 Å². The van der Waals surface area contributed by atoms with Gasteiger partial charge in [-0.05, 0) is 30.7 Å². The van der Waals surface area contributed by atoms with E-state index >= 15 is 0 Å². The number of benzene rings is 1. The number of thiocarbonyl (C=S) groups is 1. The summed E-state index contributed by atoms with van der Waals surface area (Å²) in [6, 6.07) is 7.38. The summed E-state index contributed by atoms with van der Waals surface area (Å²) in [7, 11) is -3.21. The number of sulfonamides is 1. The molecule has 2 N–H and O–H groups in total. The lowest BCUT2D eigenvalue weighted by Crippen LogP contribution is -2.38. The van der Waals surface area contributed by atoms with Crippen molar-refractivity contribution in [1.82, 2.24) is 4.31 Å². The van der Waals surface area contributed by atoms with E-state index in [4.69, 9.17) is 18.0 Å². The van der Waals surface area contributed by atoms with Gasteiger partial charge in [0, 0.05) is 18.2 Å². The van der Waals surface area contributed by atoms with Gasteiger partial charge in [0.15, 0.2) is 0 Å². The zero-order valence-electron chi connectivity index (χ0n) is 11.2. The lowest BCUT2D eigenvalue weighted by atomic mass is 10.1. The van der Waals surface area contributed by atoms with E-state index in [2.05, 4.69) is 0 Å². The standard InChI is InChI=1S/C14H18N2O2S2/c15-14(19)12-4-1-10(2-5-12)9-20(17,18)16-8-11-3-6-13(16)7-11/h1-2,4-5,11,13H,3,6-9H2,(H2,15,19). The fourth-order valence-corrected chi connectivity index (χ4v) is 5.28. The highest BCUT2D eigenvalue weighted by Gasteiger charge is 2.43. The fourth-order valence-electron chi connectivity index (χ4n) is 3.28. The molecule has 1 aliphatic carbocycles. The predicted molar refractivity (Wildman–Crippen MR) is 82.8 cm³/mol. The van der Waals surface area contributed by atoms with Gasteiger partial charge >= 0.3 is 0 Å². The van der Waals surface area contributed by atoms with Crippen molar-refractivity contribution < 1.29 is 8.42 Å². The molecule has 0 radical (unpaired) electrons. The third-order valence-electron chi connectivity index (χ3n) is 4.30. The van der Waals surface area contributed by atoms with Crippen LogP contribution in [0.3, 0.4) is 0 Å². The number of hydrogen-bond acceptors (Lipinski definition) is 3. The van der Waals surface area contributed by atoms with Crippen molar-refractivity contribution in [3.05, 3.63) is 35.4 Å². The molecule has 1 aromatic rings. The average Bonchev–Trinajstić information content (AvgIpc) is 3.01. The summed E-state index contributed by atoms with van der Waals surface area (Å²) in [5.74, 6) is 0.639. The quantitative estimate of drug-likeness (QED) is 0.859. The zero-order chi connectivity index (χ0) is 14.3. The minimum absolute atomic E-state index is 0.0633. The monoisotopic (exact) mass is 310 g/mol. The first-order valence-electron chi connectivity index (χ1n) is 6.84. The van der Waals surface area contributed by atoms with Crippen LogP contribution in [-0.4, -0.2) is 30.3 Å². The van der Waals surface area contributed by atoms with Gasteiger partial charge in [0.05, 0.1) is 5.75 Å². The molecule has 6 heteroatoms. The van der Waals surface area contributed by atoms with Crippen molar-refractivity contribution in [2.24, 2.45) is 11.7 Å². The van der Waals surface area contributed by atoms with Gasteiger partial charge in [-0.15, -0.1) is 0 Å². The molecule has 2 aliphatic rings. The molecule has 2 bridgehead atoms. The predicted octanol–water partition coefficient (Wildman–Crippen LogP) is 1.63. The Morgan fingerprint density at radius 1 is 1.30 bits per heavy atom. The van der Waals surface area contributed by atoms with Crippen molar-refractivity contribution in [2.45, 2.75) is 31.1 Å². The summed E-state index contributed by atoms with van der Waals surface area (Å²) in [6.45, 7) is 0.706. The molecule has 1 saturated carbocycles. The minimum atomic E-state index is -3.21. The number of piperidine rings is 1. The average molecular weight is 310 g/mol. The Balaban J connectivity index is 1.75. The number of hydrogen-bond donors (Lipinski definition) is 1. The molecule has 2 atom stereocenters. The van der Waals surface area contributed by atoms with E-state index in [1.165, 1.54) is 6.42 Å². The SMILES string of the molecule is NC(=S)c1ccc(CS(=O)(=O)N2CC3CCC2C3)cc1. The molecule has 0 spiro atoms. The third kappa shape index (κ3) is 2.60. The van der Waals surface area contributed by atoms with Gasteiger partial charge in [-0.3, -0.25) is 0 Å². The third-order valence-corrected chi connectivity index (χ3v) is 6.40. The summed E-state index contributed by atoms with van der Waals surface area (Å²) in [5, 5.41) is 0. The van der Waals surface area contributed by atoms with E-state index in [0.29, 0.717) is 17.5 Å². The fraction of sp³-hybridized carbons (Fsp3) is 0.500. The summed E-state index contributed by atoms with van der Waals surface area (Å²) in [5.41, 5.74) is 7.09. The van der Waals surface area contributed by atoms with Crippen LogP contribution in [0.4, 0.5) is 0 Å². The van der Waals surface area contributed by atoms with Crippen LogP contribution in [0.1, 0.15) is 30.4 Å². The second-order valence-electron chi connectivity index (χ2n) is 5.72. The Kier molecular flexibility index (Phi) is 3.56. The second kappa shape index (κ2) is 5.09. The normalized spacial score (nSPS) is 26.0. The topological polar surface area (TPSA) is 63.4 Å². The Morgan fingerprint density at radius 2 is 2.00 bits per heavy atom. The van der Waals surface area contributed by atoms with Crippen LogP contribution in [0.5, 0.6) is 0 Å². The van der Waals surface area contributed by atoms with Gasteiger partial charge in [-0.2, -0.15) is 4.31 Å². The number of nitrogens with zero attached hydrogens (tertiary/aromatic N) is 1. The molecular formula is C14H18N2O2S2. The molecule has 2 unspecified atom stereocenters. The molecule has 1 aliphatic heterocycles. The molecule has 1 saturated heterocycles. The van der Waals surface area contributed by atoms with Crippen LogP contribution < -0.4 is 5.73 Å². The highest BCUT2D eigenvalue weighted by Crippen LogP contribution is 2.39. The van der Waals surface area contributed by atoms with Crippen molar-refractivity contribution in [3.63, 3.8) is 0 Å². The number of fused-ring (bicyclic) bond motifs is 2. The van der Waals surface area contributed by atoms with Gasteiger partial charge in [0.1, 0.15) is 4.99 Å². The molecular weight excluding hydrogens is 292 g/mol. The van der Waals surface area contributed by atoms with E-state index in [0.717, 1.165) is 24.0 Å². The first-order valence-corrected chi connectivity index (χ1v) is 8.86. The summed E-state index contributed by atoms with van der Waals surface area (Å²) >= 11 is 4.89. The maximum Gasteiger partial charge on any atom is 0.218 e. The van der Waals surface area contributed by atoms with Crippen molar-refractivity contribution in [2.75, 3.05) is 6.54 Å². The van der Waals surface area contributed by atoms with Crippen molar-refractivity contribution in [3.8, 4) is 0 Å². The maximum atomic E-state index is 12.5. The summed E-state index contributed by atoms with van der Waals surface area (Å²) in [6.07, 6.45) is 3.24. The number of nitrogens with two attached hydrogens (primary N) is 1. The van der Waals surface area contributed by atoms with Crippen LogP contribution in [0.25, 0.3) is 0 Å². The van der Waals surface area contributed by atoms with E-state index in [1.54, 1.807) is 28.6 Å². The summed E-state index contributed by atoms with van der Waals surface area (Å²) in [4.78, 5) is 0.330. The first-order chi connectivity index (χ1) is 9.45. The second-order valence-corrected chi connectivity index (χ2v) is 8.08. The van der Waals surface area contributed by atoms with Gasteiger partial charge in [0.25, 0.3) is 0 Å². The Bertz CT molecular complexity index is 625. The Labute approximate surface area is 125 Å². The zero-order valence-corrected chi connectivity index (χ0v) is 12.8. The smallest absolute Gasteiger partial charge is 0.218 e. The highest BCUT2D eigenvalue weighted by molar-refractivity contribution is 7.88. The lowest BCUT2D eigenvalue weighted by molar-refractivity contribution is 0.333. The van der Waals surface area contributed by atoms with Crippen LogP contribution in [0.15, 0.2) is 24.3 Å². The molecule has 0 amide bonds. The molecule has 20 heavy (non-hydrogen) atoms. The highest BCUT2D eigenvalue weighted by atomic mass is 32.2. The molecule has 2 fully saturated rings. The van der Waals surface area contributed by atoms with E-state index in [9.17, 15) is 8.42 Å². The Hall–Kier alpha value is -0.980. The Morgan fingerprint density at radius 3 is 2.50 bits per heavy atom. The molecule has 1 heterocycles. The van der Waals surface area contributed by atoms with Gasteiger partial charge in [0.2, 0.25) is 10.0 Å². The largest absolute Gasteiger partial charge is 0.389 e. The van der Waals surface area contributed by atoms with Crippen LogP contribution >= 0.6 is 12.2 Å². The van der Waals surface area contributed by atoms with Crippen LogP contribution in [0, 0.1) is 5.92 Å². The van der Waals surface area contributed by atoms with Crippen LogP contribution in [-0.2, 0) is 15.8 Å². The summed E-state index contributed by atoms with van der Waals surface area (Å²) < 4.78 is 26.7. The van der Waals surface area contributed by atoms with Gasteiger partial charge in [-0.25, -0.2) is 8.42 Å². The molecule has 108 valence electrons. The van der Waals surface area contributed by atoms with Crippen molar-refractivity contribution >= 4 is 27.2 Å². The van der Waals surface area contributed by atoms with E-state index in [-0.39, 0.29) is 11.8 Å². The minimum Gasteiger partial charge on any atom is -0.389 e. The van der Waals surface area contributed by atoms with Crippen LogP contribution in [0.2, 0.25) is 0 Å². The number of rotatable bonds is 4. The van der Waals surface area contributed by atoms with Gasteiger partial charge < -0.3 is 5.73 Å².